The van der Waals surface area contributed by atoms with Crippen LogP contribution in [0.25, 0.3) is 0 Å². The van der Waals surface area contributed by atoms with Crippen LogP contribution in [0.3, 0.4) is 0 Å². The Kier molecular flexibility index (Phi) is 3.95. The van der Waals surface area contributed by atoms with Crippen molar-refractivity contribution in [1.29, 1.82) is 0 Å². The van der Waals surface area contributed by atoms with Crippen molar-refractivity contribution in [2.24, 2.45) is 0 Å². The average Bonchev–Trinajstić information content (AvgIpc) is 2.73. The Morgan fingerprint density at radius 3 is 2.56 bits per heavy atom. The van der Waals surface area contributed by atoms with Gasteiger partial charge in [-0.2, -0.15) is 0 Å². The van der Waals surface area contributed by atoms with Crippen molar-refractivity contribution in [3.05, 3.63) is 57.2 Å². The van der Waals surface area contributed by atoms with Gasteiger partial charge in [0.15, 0.2) is 5.22 Å². The highest BCUT2D eigenvalue weighted by molar-refractivity contribution is 6.31. The fourth-order valence-electron chi connectivity index (χ4n) is 1.84. The molecular formula is C13H12Cl2FNO. The van der Waals surface area contributed by atoms with Gasteiger partial charge in [-0.25, -0.2) is 4.39 Å². The smallest absolute Gasteiger partial charge is 0.193 e. The van der Waals surface area contributed by atoms with E-state index in [0.29, 0.717) is 21.6 Å². The monoisotopic (exact) mass is 287 g/mol. The number of benzene rings is 1. The third-order valence-corrected chi connectivity index (χ3v) is 3.29. The van der Waals surface area contributed by atoms with Gasteiger partial charge < -0.3 is 9.73 Å². The Bertz CT molecular complexity index is 568. The zero-order chi connectivity index (χ0) is 13.3. The normalized spacial score (nSPS) is 12.7. The van der Waals surface area contributed by atoms with Crippen molar-refractivity contribution in [2.45, 2.75) is 13.0 Å². The summed E-state index contributed by atoms with van der Waals surface area (Å²) in [5, 5.41) is 3.73. The van der Waals surface area contributed by atoms with Crippen molar-refractivity contribution in [3.8, 4) is 0 Å². The Morgan fingerprint density at radius 1 is 1.28 bits per heavy atom. The standard InChI is InChI=1S/C13H12Cl2FNO/c1-7-5-8(9(14)6-10(7)16)13(17-2)11-3-4-12(15)18-11/h3-6,13,17H,1-2H3. The molecule has 2 rings (SSSR count). The molecule has 1 aromatic heterocycles. The first-order valence-corrected chi connectivity index (χ1v) is 6.16. The molecule has 1 N–H and O–H groups in total. The molecule has 1 aromatic carbocycles. The lowest BCUT2D eigenvalue weighted by Gasteiger charge is -2.16. The van der Waals surface area contributed by atoms with Crippen LogP contribution >= 0.6 is 23.2 Å². The Morgan fingerprint density at radius 2 is 2.00 bits per heavy atom. The number of nitrogens with one attached hydrogen (secondary N) is 1. The fourth-order valence-corrected chi connectivity index (χ4v) is 2.25. The van der Waals surface area contributed by atoms with Crippen LogP contribution in [-0.2, 0) is 0 Å². The number of aryl methyl sites for hydroxylation is 1. The van der Waals surface area contributed by atoms with Gasteiger partial charge in [0.2, 0.25) is 0 Å². The maximum absolute atomic E-state index is 13.4. The molecule has 0 saturated carbocycles. The van der Waals surface area contributed by atoms with Gasteiger partial charge in [0, 0.05) is 5.02 Å². The van der Waals surface area contributed by atoms with E-state index in [0.717, 1.165) is 5.56 Å². The SMILES string of the molecule is CNC(c1ccc(Cl)o1)c1cc(C)c(F)cc1Cl. The number of halogens is 3. The minimum Gasteiger partial charge on any atom is -0.448 e. The van der Waals surface area contributed by atoms with Gasteiger partial charge in [-0.3, -0.25) is 0 Å². The molecule has 0 bridgehead atoms. The van der Waals surface area contributed by atoms with E-state index < -0.39 is 0 Å². The zero-order valence-corrected chi connectivity index (χ0v) is 11.4. The molecule has 0 aliphatic heterocycles. The van der Waals surface area contributed by atoms with Crippen LogP contribution in [0.15, 0.2) is 28.7 Å². The first-order chi connectivity index (χ1) is 8.52. The second-order valence-electron chi connectivity index (χ2n) is 3.99. The summed E-state index contributed by atoms with van der Waals surface area (Å²) in [5.74, 6) is 0.312. The van der Waals surface area contributed by atoms with E-state index in [1.165, 1.54) is 6.07 Å². The van der Waals surface area contributed by atoms with Crippen LogP contribution in [0, 0.1) is 12.7 Å². The average molecular weight is 288 g/mol. The number of hydrogen-bond acceptors (Lipinski definition) is 2. The molecule has 2 nitrogen and oxygen atoms in total. The molecule has 0 aliphatic rings. The fraction of sp³-hybridized carbons (Fsp3) is 0.231. The number of hydrogen-bond donors (Lipinski definition) is 1. The molecule has 0 aliphatic carbocycles. The lowest BCUT2D eigenvalue weighted by molar-refractivity contribution is 0.464. The van der Waals surface area contributed by atoms with Crippen LogP contribution in [0.4, 0.5) is 4.39 Å². The van der Waals surface area contributed by atoms with Crippen molar-refractivity contribution in [2.75, 3.05) is 7.05 Å². The molecular weight excluding hydrogens is 276 g/mol. The molecule has 18 heavy (non-hydrogen) atoms. The molecule has 2 aromatic rings. The molecule has 1 unspecified atom stereocenters. The summed E-state index contributed by atoms with van der Waals surface area (Å²) in [5.41, 5.74) is 1.29. The summed E-state index contributed by atoms with van der Waals surface area (Å²) in [6.07, 6.45) is 0. The van der Waals surface area contributed by atoms with Gasteiger partial charge in [0.25, 0.3) is 0 Å². The first-order valence-electron chi connectivity index (χ1n) is 5.41. The molecule has 0 amide bonds. The highest BCUT2D eigenvalue weighted by Gasteiger charge is 2.20. The van der Waals surface area contributed by atoms with E-state index in [1.807, 2.05) is 0 Å². The largest absolute Gasteiger partial charge is 0.448 e. The first kappa shape index (κ1) is 13.4. The van der Waals surface area contributed by atoms with Crippen molar-refractivity contribution in [3.63, 3.8) is 0 Å². The van der Waals surface area contributed by atoms with Crippen LogP contribution in [-0.4, -0.2) is 7.05 Å². The van der Waals surface area contributed by atoms with Crippen molar-refractivity contribution < 1.29 is 8.81 Å². The van der Waals surface area contributed by atoms with Gasteiger partial charge in [0.05, 0.1) is 6.04 Å². The lowest BCUT2D eigenvalue weighted by atomic mass is 10.0. The van der Waals surface area contributed by atoms with Gasteiger partial charge in [-0.05, 0) is 61.0 Å². The minimum atomic E-state index is -0.323. The van der Waals surface area contributed by atoms with Gasteiger partial charge >= 0.3 is 0 Å². The van der Waals surface area contributed by atoms with Crippen LogP contribution < -0.4 is 5.32 Å². The quantitative estimate of drug-likeness (QED) is 0.908. The van der Waals surface area contributed by atoms with Crippen molar-refractivity contribution in [1.82, 2.24) is 5.32 Å². The molecule has 0 spiro atoms. The number of rotatable bonds is 3. The van der Waals surface area contributed by atoms with Gasteiger partial charge in [-0.15, -0.1) is 0 Å². The van der Waals surface area contributed by atoms with Crippen LogP contribution in [0.5, 0.6) is 0 Å². The molecule has 5 heteroatoms. The predicted octanol–water partition coefficient (Wildman–Crippen LogP) is 4.34. The second kappa shape index (κ2) is 5.31. The minimum absolute atomic E-state index is 0.260. The Hall–Kier alpha value is -1.03. The van der Waals surface area contributed by atoms with E-state index in [2.05, 4.69) is 5.32 Å². The van der Waals surface area contributed by atoms with E-state index in [-0.39, 0.29) is 11.9 Å². The molecule has 0 radical (unpaired) electrons. The molecule has 96 valence electrons. The lowest BCUT2D eigenvalue weighted by Crippen LogP contribution is -2.17. The predicted molar refractivity (Wildman–Crippen MR) is 70.8 cm³/mol. The van der Waals surface area contributed by atoms with E-state index in [4.69, 9.17) is 27.6 Å². The Labute approximate surface area is 115 Å². The maximum Gasteiger partial charge on any atom is 0.193 e. The maximum atomic E-state index is 13.4. The van der Waals surface area contributed by atoms with Gasteiger partial charge in [-0.1, -0.05) is 11.6 Å². The second-order valence-corrected chi connectivity index (χ2v) is 4.77. The van der Waals surface area contributed by atoms with E-state index in [9.17, 15) is 4.39 Å². The van der Waals surface area contributed by atoms with Crippen LogP contribution in [0.2, 0.25) is 10.2 Å². The summed E-state index contributed by atoms with van der Waals surface area (Å²) >= 11 is 11.8. The van der Waals surface area contributed by atoms with Crippen LogP contribution in [0.1, 0.15) is 22.9 Å². The molecule has 1 heterocycles. The van der Waals surface area contributed by atoms with Gasteiger partial charge in [0.1, 0.15) is 11.6 Å². The zero-order valence-electron chi connectivity index (χ0n) is 9.93. The highest BCUT2D eigenvalue weighted by Crippen LogP contribution is 2.31. The summed E-state index contributed by atoms with van der Waals surface area (Å²) < 4.78 is 18.8. The van der Waals surface area contributed by atoms with E-state index >= 15 is 0 Å². The Balaban J connectivity index is 2.48. The number of furan rings is 1. The molecule has 1 atom stereocenters. The third-order valence-electron chi connectivity index (χ3n) is 2.76. The molecule has 0 fully saturated rings. The highest BCUT2D eigenvalue weighted by atomic mass is 35.5. The summed E-state index contributed by atoms with van der Waals surface area (Å²) in [7, 11) is 1.77. The summed E-state index contributed by atoms with van der Waals surface area (Å²) in [6.45, 7) is 1.69. The van der Waals surface area contributed by atoms with Crippen molar-refractivity contribution >= 4 is 23.2 Å². The summed E-state index contributed by atoms with van der Waals surface area (Å²) in [6, 6.07) is 6.17. The third kappa shape index (κ3) is 2.53. The van der Waals surface area contributed by atoms with E-state index in [1.54, 1.807) is 32.2 Å². The topological polar surface area (TPSA) is 25.2 Å². The summed E-state index contributed by atoms with van der Waals surface area (Å²) in [4.78, 5) is 0. The molecule has 0 saturated heterocycles.